The van der Waals surface area contributed by atoms with Crippen molar-refractivity contribution in [1.82, 2.24) is 4.90 Å². The summed E-state index contributed by atoms with van der Waals surface area (Å²) >= 11 is 0. The molecule has 1 N–H and O–H groups in total. The molecular formula is C11H14N2O. The summed E-state index contributed by atoms with van der Waals surface area (Å²) in [5.74, 6) is 0.128. The number of rotatable bonds is 1. The summed E-state index contributed by atoms with van der Waals surface area (Å²) in [5.41, 5.74) is 2.99. The zero-order valence-electron chi connectivity index (χ0n) is 8.50. The van der Waals surface area contributed by atoms with E-state index in [1.807, 2.05) is 32.3 Å². The Balaban J connectivity index is 2.46. The van der Waals surface area contributed by atoms with Crippen LogP contribution in [0.5, 0.6) is 0 Å². The smallest absolute Gasteiger partial charge is 0.253 e. The molecule has 1 amide bonds. The van der Waals surface area contributed by atoms with Crippen LogP contribution in [0, 0.1) is 0 Å². The van der Waals surface area contributed by atoms with E-state index < -0.39 is 0 Å². The summed E-state index contributed by atoms with van der Waals surface area (Å²) in [6.07, 6.45) is 0.960. The van der Waals surface area contributed by atoms with Crippen LogP contribution in [0.3, 0.4) is 0 Å². The number of amides is 1. The van der Waals surface area contributed by atoms with Crippen LogP contribution in [0.4, 0.5) is 5.69 Å². The van der Waals surface area contributed by atoms with Crippen molar-refractivity contribution in [3.05, 3.63) is 29.3 Å². The SMILES string of the molecule is CNc1ccc2c(c1)C(=O)N(C)CC2. The molecule has 0 radical (unpaired) electrons. The Kier molecular flexibility index (Phi) is 2.15. The van der Waals surface area contributed by atoms with Gasteiger partial charge in [0.15, 0.2) is 0 Å². The number of nitrogens with zero attached hydrogens (tertiary/aromatic N) is 1. The summed E-state index contributed by atoms with van der Waals surface area (Å²) in [7, 11) is 3.70. The molecule has 74 valence electrons. The maximum atomic E-state index is 11.8. The van der Waals surface area contributed by atoms with Crippen LogP contribution >= 0.6 is 0 Å². The highest BCUT2D eigenvalue weighted by atomic mass is 16.2. The first kappa shape index (κ1) is 9.06. The van der Waals surface area contributed by atoms with Gasteiger partial charge >= 0.3 is 0 Å². The summed E-state index contributed by atoms with van der Waals surface area (Å²) < 4.78 is 0. The van der Waals surface area contributed by atoms with Crippen LogP contribution in [0.15, 0.2) is 18.2 Å². The zero-order chi connectivity index (χ0) is 10.1. The van der Waals surface area contributed by atoms with Gasteiger partial charge in [0.25, 0.3) is 5.91 Å². The number of fused-ring (bicyclic) bond motifs is 1. The molecule has 1 aliphatic rings. The summed E-state index contributed by atoms with van der Waals surface area (Å²) in [5, 5.41) is 3.04. The van der Waals surface area contributed by atoms with Gasteiger partial charge in [-0.1, -0.05) is 6.07 Å². The first-order valence-corrected chi connectivity index (χ1v) is 4.78. The molecule has 2 rings (SSSR count). The second-order valence-corrected chi connectivity index (χ2v) is 3.60. The van der Waals surface area contributed by atoms with Crippen LogP contribution in [0.2, 0.25) is 0 Å². The molecular weight excluding hydrogens is 176 g/mol. The average Bonchev–Trinajstić information content (AvgIpc) is 2.23. The quantitative estimate of drug-likeness (QED) is 0.725. The lowest BCUT2D eigenvalue weighted by molar-refractivity contribution is 0.0781. The number of benzene rings is 1. The van der Waals surface area contributed by atoms with Crippen molar-refractivity contribution in [3.63, 3.8) is 0 Å². The second kappa shape index (κ2) is 3.33. The van der Waals surface area contributed by atoms with E-state index in [-0.39, 0.29) is 5.91 Å². The van der Waals surface area contributed by atoms with Gasteiger partial charge in [-0.25, -0.2) is 0 Å². The molecule has 0 aliphatic carbocycles. The third kappa shape index (κ3) is 1.35. The van der Waals surface area contributed by atoms with Gasteiger partial charge in [0.05, 0.1) is 0 Å². The van der Waals surface area contributed by atoms with Gasteiger partial charge in [0.1, 0.15) is 0 Å². The maximum Gasteiger partial charge on any atom is 0.253 e. The van der Waals surface area contributed by atoms with E-state index in [1.54, 1.807) is 4.90 Å². The van der Waals surface area contributed by atoms with Gasteiger partial charge in [-0.05, 0) is 24.1 Å². The molecule has 1 aromatic rings. The number of likely N-dealkylation sites (N-methyl/N-ethyl adjacent to an activating group) is 1. The standard InChI is InChI=1S/C11H14N2O/c1-12-9-4-3-8-5-6-13(2)11(14)10(8)7-9/h3-4,7,12H,5-6H2,1-2H3. The third-order valence-corrected chi connectivity index (χ3v) is 2.69. The van der Waals surface area contributed by atoms with E-state index in [9.17, 15) is 4.79 Å². The molecule has 3 heteroatoms. The molecule has 0 bridgehead atoms. The monoisotopic (exact) mass is 190 g/mol. The highest BCUT2D eigenvalue weighted by molar-refractivity contribution is 5.97. The molecule has 1 heterocycles. The van der Waals surface area contributed by atoms with Crippen molar-refractivity contribution < 1.29 is 4.79 Å². The number of nitrogens with one attached hydrogen (secondary N) is 1. The van der Waals surface area contributed by atoms with E-state index in [1.165, 1.54) is 0 Å². The minimum atomic E-state index is 0.128. The number of anilines is 1. The summed E-state index contributed by atoms with van der Waals surface area (Å²) in [6, 6.07) is 5.97. The molecule has 1 aliphatic heterocycles. The fraction of sp³-hybridized carbons (Fsp3) is 0.364. The molecule has 0 saturated carbocycles. The minimum absolute atomic E-state index is 0.128. The van der Waals surface area contributed by atoms with Gasteiger partial charge in [-0.3, -0.25) is 4.79 Å². The van der Waals surface area contributed by atoms with Crippen LogP contribution in [0.25, 0.3) is 0 Å². The number of carbonyl (C=O) groups excluding carboxylic acids is 1. The first-order chi connectivity index (χ1) is 6.72. The Morgan fingerprint density at radius 2 is 2.21 bits per heavy atom. The molecule has 14 heavy (non-hydrogen) atoms. The van der Waals surface area contributed by atoms with Crippen LogP contribution in [0.1, 0.15) is 15.9 Å². The predicted octanol–water partition coefficient (Wildman–Crippen LogP) is 1.36. The van der Waals surface area contributed by atoms with Crippen molar-refractivity contribution in [3.8, 4) is 0 Å². The number of hydrogen-bond acceptors (Lipinski definition) is 2. The van der Waals surface area contributed by atoms with Crippen molar-refractivity contribution in [2.75, 3.05) is 26.0 Å². The largest absolute Gasteiger partial charge is 0.388 e. The Hall–Kier alpha value is -1.51. The van der Waals surface area contributed by atoms with E-state index in [0.29, 0.717) is 0 Å². The molecule has 0 saturated heterocycles. The molecule has 3 nitrogen and oxygen atoms in total. The van der Waals surface area contributed by atoms with Gasteiger partial charge in [-0.2, -0.15) is 0 Å². The van der Waals surface area contributed by atoms with Crippen LogP contribution < -0.4 is 5.32 Å². The fourth-order valence-electron chi connectivity index (χ4n) is 1.74. The van der Waals surface area contributed by atoms with Crippen molar-refractivity contribution in [2.24, 2.45) is 0 Å². The van der Waals surface area contributed by atoms with Gasteiger partial charge in [-0.15, -0.1) is 0 Å². The highest BCUT2D eigenvalue weighted by Gasteiger charge is 2.21. The third-order valence-electron chi connectivity index (χ3n) is 2.69. The molecule has 0 spiro atoms. The Morgan fingerprint density at radius 3 is 2.93 bits per heavy atom. The van der Waals surface area contributed by atoms with E-state index in [2.05, 4.69) is 5.32 Å². The van der Waals surface area contributed by atoms with Crippen LogP contribution in [-0.4, -0.2) is 31.4 Å². The number of hydrogen-bond donors (Lipinski definition) is 1. The van der Waals surface area contributed by atoms with Crippen molar-refractivity contribution in [2.45, 2.75) is 6.42 Å². The topological polar surface area (TPSA) is 32.3 Å². The average molecular weight is 190 g/mol. The van der Waals surface area contributed by atoms with Gasteiger partial charge in [0, 0.05) is 31.9 Å². The molecule has 1 aromatic carbocycles. The minimum Gasteiger partial charge on any atom is -0.388 e. The van der Waals surface area contributed by atoms with Crippen molar-refractivity contribution in [1.29, 1.82) is 0 Å². The Morgan fingerprint density at radius 1 is 1.43 bits per heavy atom. The lowest BCUT2D eigenvalue weighted by Crippen LogP contribution is -2.34. The Bertz CT molecular complexity index is 374. The van der Waals surface area contributed by atoms with E-state index >= 15 is 0 Å². The molecule has 0 atom stereocenters. The molecule has 0 fully saturated rings. The lowest BCUT2D eigenvalue weighted by Gasteiger charge is -2.25. The lowest BCUT2D eigenvalue weighted by atomic mass is 9.99. The number of carbonyl (C=O) groups is 1. The maximum absolute atomic E-state index is 11.8. The van der Waals surface area contributed by atoms with Crippen LogP contribution in [-0.2, 0) is 6.42 Å². The normalized spacial score (nSPS) is 15.3. The van der Waals surface area contributed by atoms with Gasteiger partial charge in [0.2, 0.25) is 0 Å². The summed E-state index contributed by atoms with van der Waals surface area (Å²) in [6.45, 7) is 0.824. The first-order valence-electron chi connectivity index (χ1n) is 4.78. The molecule has 0 unspecified atom stereocenters. The molecule has 0 aromatic heterocycles. The van der Waals surface area contributed by atoms with Crippen molar-refractivity contribution >= 4 is 11.6 Å². The highest BCUT2D eigenvalue weighted by Crippen LogP contribution is 2.21. The van der Waals surface area contributed by atoms with Gasteiger partial charge < -0.3 is 10.2 Å². The fourth-order valence-corrected chi connectivity index (χ4v) is 1.74. The summed E-state index contributed by atoms with van der Waals surface area (Å²) in [4.78, 5) is 13.5. The Labute approximate surface area is 83.7 Å². The van der Waals surface area contributed by atoms with E-state index in [4.69, 9.17) is 0 Å². The van der Waals surface area contributed by atoms with E-state index in [0.717, 1.165) is 29.8 Å². The predicted molar refractivity (Wildman–Crippen MR) is 56.7 cm³/mol. The zero-order valence-corrected chi connectivity index (χ0v) is 8.50. The second-order valence-electron chi connectivity index (χ2n) is 3.60.